The van der Waals surface area contributed by atoms with Crippen molar-refractivity contribution in [2.45, 2.75) is 154 Å². The van der Waals surface area contributed by atoms with Crippen molar-refractivity contribution < 1.29 is 47.8 Å². The molecule has 42 heavy (non-hydrogen) atoms. The number of carbonyl (C=O) groups excluding carboxylic acids is 2. The predicted molar refractivity (Wildman–Crippen MR) is 162 cm³/mol. The van der Waals surface area contributed by atoms with Crippen molar-refractivity contribution in [1.29, 1.82) is 0 Å². The zero-order chi connectivity index (χ0) is 31.5. The molecule has 0 aliphatic rings. The van der Waals surface area contributed by atoms with E-state index in [1.54, 1.807) is 0 Å². The van der Waals surface area contributed by atoms with E-state index >= 15 is 0 Å². The summed E-state index contributed by atoms with van der Waals surface area (Å²) in [6, 6.07) is -1.53. The van der Waals surface area contributed by atoms with Gasteiger partial charge in [0, 0.05) is 12.8 Å². The first-order chi connectivity index (χ1) is 20.1. The van der Waals surface area contributed by atoms with Crippen LogP contribution >= 0.6 is 7.82 Å². The number of unbranched alkanes of at least 4 members (excludes halogenated alkanes) is 16. The Morgan fingerprint density at radius 1 is 0.667 bits per heavy atom. The Morgan fingerprint density at radius 2 is 1.10 bits per heavy atom. The van der Waals surface area contributed by atoms with Crippen LogP contribution < -0.4 is 5.32 Å². The number of aliphatic carboxylic acids is 1. The third kappa shape index (κ3) is 26.1. The van der Waals surface area contributed by atoms with E-state index in [-0.39, 0.29) is 12.8 Å². The van der Waals surface area contributed by atoms with Crippen LogP contribution in [-0.2, 0) is 32.7 Å². The number of carboxylic acid groups (broad SMARTS) is 1. The van der Waals surface area contributed by atoms with Gasteiger partial charge < -0.3 is 25.2 Å². The lowest BCUT2D eigenvalue weighted by Crippen LogP contribution is -2.43. The van der Waals surface area contributed by atoms with Crippen molar-refractivity contribution in [3.05, 3.63) is 0 Å². The lowest BCUT2D eigenvalue weighted by atomic mass is 10.0. The molecule has 0 bridgehead atoms. The number of phosphoric acid groups is 1. The molecule has 0 aromatic carbocycles. The molecule has 12 heteroatoms. The summed E-state index contributed by atoms with van der Waals surface area (Å²) in [5.74, 6) is -2.40. The van der Waals surface area contributed by atoms with Gasteiger partial charge in [-0.25, -0.2) is 9.36 Å². The minimum Gasteiger partial charge on any atom is -0.480 e. The highest BCUT2D eigenvalue weighted by Gasteiger charge is 2.28. The highest BCUT2D eigenvalue weighted by Crippen LogP contribution is 2.43. The van der Waals surface area contributed by atoms with Crippen molar-refractivity contribution >= 4 is 25.7 Å². The third-order valence-electron chi connectivity index (χ3n) is 6.90. The lowest BCUT2D eigenvalue weighted by molar-refractivity contribution is -0.147. The Bertz CT molecular complexity index is 752. The Labute approximate surface area is 253 Å². The molecular formula is C30H58NO10P. The number of hydrogen-bond donors (Lipinski definition) is 4. The highest BCUT2D eigenvalue weighted by atomic mass is 31.2. The van der Waals surface area contributed by atoms with E-state index < -0.39 is 57.6 Å². The average molecular weight is 624 g/mol. The summed E-state index contributed by atoms with van der Waals surface area (Å²) in [5, 5.41) is 21.4. The van der Waals surface area contributed by atoms with Gasteiger partial charge in [0.05, 0.1) is 13.2 Å². The van der Waals surface area contributed by atoms with Crippen LogP contribution in [0.25, 0.3) is 0 Å². The van der Waals surface area contributed by atoms with E-state index in [0.717, 1.165) is 32.1 Å². The number of carboxylic acids is 1. The highest BCUT2D eigenvalue weighted by molar-refractivity contribution is 7.47. The first-order valence-electron chi connectivity index (χ1n) is 16.1. The molecule has 3 atom stereocenters. The smallest absolute Gasteiger partial charge is 0.472 e. The van der Waals surface area contributed by atoms with E-state index in [4.69, 9.17) is 4.74 Å². The summed E-state index contributed by atoms with van der Waals surface area (Å²) in [6.07, 6.45) is 19.7. The molecule has 0 aliphatic heterocycles. The molecule has 0 rings (SSSR count). The van der Waals surface area contributed by atoms with Gasteiger partial charge in [0.25, 0.3) is 0 Å². The minimum absolute atomic E-state index is 0.134. The van der Waals surface area contributed by atoms with E-state index in [9.17, 15) is 34.1 Å². The molecule has 3 unspecified atom stereocenters. The Hall–Kier alpha value is -1.52. The van der Waals surface area contributed by atoms with Crippen LogP contribution in [0.4, 0.5) is 0 Å². The SMILES string of the molecule is CCCCCCCCCCCCCCCCCC(=O)OCC(O)COP(=O)(O)OCC(NC(=O)CCCCC)C(=O)O. The van der Waals surface area contributed by atoms with Gasteiger partial charge in [-0.2, -0.15) is 0 Å². The average Bonchev–Trinajstić information content (AvgIpc) is 2.95. The van der Waals surface area contributed by atoms with Crippen LogP contribution in [0.15, 0.2) is 0 Å². The van der Waals surface area contributed by atoms with Crippen molar-refractivity contribution in [2.75, 3.05) is 19.8 Å². The molecule has 0 saturated heterocycles. The van der Waals surface area contributed by atoms with Gasteiger partial charge in [-0.15, -0.1) is 0 Å². The number of carbonyl (C=O) groups is 3. The number of phosphoric ester groups is 1. The summed E-state index contributed by atoms with van der Waals surface area (Å²) < 4.78 is 26.4. The maximum Gasteiger partial charge on any atom is 0.472 e. The van der Waals surface area contributed by atoms with E-state index in [1.165, 1.54) is 70.6 Å². The molecule has 248 valence electrons. The third-order valence-corrected chi connectivity index (χ3v) is 7.85. The van der Waals surface area contributed by atoms with Crippen molar-refractivity contribution in [3.8, 4) is 0 Å². The molecule has 0 radical (unpaired) electrons. The number of nitrogens with one attached hydrogen (secondary N) is 1. The van der Waals surface area contributed by atoms with Crippen molar-refractivity contribution in [3.63, 3.8) is 0 Å². The molecule has 0 aliphatic carbocycles. The number of hydrogen-bond acceptors (Lipinski definition) is 8. The number of esters is 1. The van der Waals surface area contributed by atoms with Gasteiger partial charge in [-0.3, -0.25) is 18.6 Å². The van der Waals surface area contributed by atoms with Gasteiger partial charge in [0.2, 0.25) is 5.91 Å². The fourth-order valence-corrected chi connectivity index (χ4v) is 5.09. The zero-order valence-corrected chi connectivity index (χ0v) is 27.0. The second-order valence-corrected chi connectivity index (χ2v) is 12.5. The van der Waals surface area contributed by atoms with Crippen LogP contribution in [0, 0.1) is 0 Å². The number of aliphatic hydroxyl groups is 1. The normalized spacial score (nSPS) is 14.2. The maximum atomic E-state index is 12.0. The zero-order valence-electron chi connectivity index (χ0n) is 26.1. The Morgan fingerprint density at radius 3 is 1.60 bits per heavy atom. The van der Waals surface area contributed by atoms with E-state index in [1.807, 2.05) is 6.92 Å². The molecule has 0 heterocycles. The number of aliphatic hydroxyl groups excluding tert-OH is 1. The Kier molecular flexibility index (Phi) is 26.1. The first kappa shape index (κ1) is 40.5. The van der Waals surface area contributed by atoms with Crippen LogP contribution in [0.1, 0.15) is 142 Å². The predicted octanol–water partition coefficient (Wildman–Crippen LogP) is 6.44. The molecule has 0 spiro atoms. The molecule has 0 saturated carbocycles. The van der Waals surface area contributed by atoms with Crippen LogP contribution in [-0.4, -0.2) is 64.9 Å². The van der Waals surface area contributed by atoms with Gasteiger partial charge in [0.15, 0.2) is 6.04 Å². The second kappa shape index (κ2) is 27.1. The summed E-state index contributed by atoms with van der Waals surface area (Å²) in [5.41, 5.74) is 0. The molecular weight excluding hydrogens is 565 g/mol. The van der Waals surface area contributed by atoms with Crippen LogP contribution in [0.3, 0.4) is 0 Å². The molecule has 11 nitrogen and oxygen atoms in total. The summed E-state index contributed by atoms with van der Waals surface area (Å²) in [4.78, 5) is 44.8. The van der Waals surface area contributed by atoms with Gasteiger partial charge >= 0.3 is 19.8 Å². The molecule has 0 fully saturated rings. The fourth-order valence-electron chi connectivity index (χ4n) is 4.31. The number of rotatable bonds is 30. The maximum absolute atomic E-state index is 12.0. The molecule has 0 aromatic heterocycles. The van der Waals surface area contributed by atoms with Gasteiger partial charge in [0.1, 0.15) is 12.7 Å². The summed E-state index contributed by atoms with van der Waals surface area (Å²) in [6.45, 7) is 2.33. The largest absolute Gasteiger partial charge is 0.480 e. The first-order valence-corrected chi connectivity index (χ1v) is 17.6. The summed E-state index contributed by atoms with van der Waals surface area (Å²) >= 11 is 0. The van der Waals surface area contributed by atoms with Crippen molar-refractivity contribution in [2.24, 2.45) is 0 Å². The molecule has 0 aromatic rings. The monoisotopic (exact) mass is 623 g/mol. The van der Waals surface area contributed by atoms with Crippen LogP contribution in [0.5, 0.6) is 0 Å². The second-order valence-electron chi connectivity index (χ2n) is 11.0. The topological polar surface area (TPSA) is 169 Å². The minimum atomic E-state index is -4.72. The molecule has 4 N–H and O–H groups in total. The van der Waals surface area contributed by atoms with Crippen LogP contribution in [0.2, 0.25) is 0 Å². The number of ether oxygens (including phenoxy) is 1. The van der Waals surface area contributed by atoms with Crippen molar-refractivity contribution in [1.82, 2.24) is 5.32 Å². The standard InChI is InChI=1S/C30H58NO10P/c1-3-5-7-8-9-10-11-12-13-14-15-16-17-18-20-22-29(34)39-23-26(32)24-40-42(37,38)41-25-27(30(35)36)31-28(33)21-19-6-4-2/h26-27,32H,3-25H2,1-2H3,(H,31,33)(H,35,36)(H,37,38). The van der Waals surface area contributed by atoms with E-state index in [0.29, 0.717) is 12.8 Å². The molecule has 1 amide bonds. The number of amides is 1. The fraction of sp³-hybridized carbons (Fsp3) is 0.900. The lowest BCUT2D eigenvalue weighted by Gasteiger charge is -2.18. The Balaban J connectivity index is 3.85. The van der Waals surface area contributed by atoms with Gasteiger partial charge in [-0.05, 0) is 12.8 Å². The van der Waals surface area contributed by atoms with E-state index in [2.05, 4.69) is 21.3 Å². The summed E-state index contributed by atoms with van der Waals surface area (Å²) in [7, 11) is -4.72. The van der Waals surface area contributed by atoms with Gasteiger partial charge in [-0.1, -0.05) is 117 Å². The quantitative estimate of drug-likeness (QED) is 0.0397.